The number of hydrogen-bond acceptors (Lipinski definition) is 4. The molecule has 1 heterocycles. The first-order valence-electron chi connectivity index (χ1n) is 4.07. The minimum atomic E-state index is -0.341. The van der Waals surface area contributed by atoms with Gasteiger partial charge in [-0.15, -0.1) is 0 Å². The van der Waals surface area contributed by atoms with E-state index in [-0.39, 0.29) is 17.9 Å². The highest BCUT2D eigenvalue weighted by molar-refractivity contribution is 6.19. The number of imide groups is 1. The largest absolute Gasteiger partial charge is 0.329 e. The number of hydrogen-bond donors (Lipinski definition) is 3. The second-order valence-electron chi connectivity index (χ2n) is 3.09. The Morgan fingerprint density at radius 1 is 1.38 bits per heavy atom. The van der Waals surface area contributed by atoms with E-state index >= 15 is 0 Å². The van der Waals surface area contributed by atoms with Crippen LogP contribution in [0.25, 0.3) is 0 Å². The molecule has 1 atom stereocenters. The molecule has 2 amide bonds. The highest BCUT2D eigenvalue weighted by Crippen LogP contribution is 2.16. The maximum absolute atomic E-state index is 11.2. The van der Waals surface area contributed by atoms with Crippen LogP contribution in [-0.4, -0.2) is 24.4 Å². The van der Waals surface area contributed by atoms with E-state index in [2.05, 4.69) is 5.32 Å². The molecule has 1 aliphatic heterocycles. The summed E-state index contributed by atoms with van der Waals surface area (Å²) < 4.78 is 0. The van der Waals surface area contributed by atoms with Gasteiger partial charge in [0.25, 0.3) is 11.8 Å². The number of carbonyl (C=O) groups excluding carboxylic acids is 2. The third kappa shape index (κ3) is 1.93. The Morgan fingerprint density at radius 3 is 2.38 bits per heavy atom. The van der Waals surface area contributed by atoms with Gasteiger partial charge >= 0.3 is 0 Å². The van der Waals surface area contributed by atoms with E-state index in [1.165, 1.54) is 0 Å². The van der Waals surface area contributed by atoms with E-state index < -0.39 is 0 Å². The van der Waals surface area contributed by atoms with Crippen molar-refractivity contribution in [1.29, 1.82) is 0 Å². The molecular weight excluding hydrogens is 170 g/mol. The SMILES string of the molecule is CC1=C(CC(N)CN)C(=O)NC1=O. The molecule has 1 rings (SSSR count). The first-order chi connectivity index (χ1) is 6.06. The molecule has 5 heteroatoms. The Kier molecular flexibility index (Phi) is 2.79. The van der Waals surface area contributed by atoms with Crippen LogP contribution in [0.5, 0.6) is 0 Å². The third-order valence-corrected chi connectivity index (χ3v) is 2.06. The first-order valence-corrected chi connectivity index (χ1v) is 4.07. The van der Waals surface area contributed by atoms with E-state index in [0.29, 0.717) is 24.1 Å². The van der Waals surface area contributed by atoms with Crippen LogP contribution in [0.15, 0.2) is 11.1 Å². The number of rotatable bonds is 3. The summed E-state index contributed by atoms with van der Waals surface area (Å²) in [5.74, 6) is -0.671. The van der Waals surface area contributed by atoms with Gasteiger partial charge in [0, 0.05) is 23.7 Å². The fourth-order valence-corrected chi connectivity index (χ4v) is 1.17. The summed E-state index contributed by atoms with van der Waals surface area (Å²) in [5, 5.41) is 2.20. The lowest BCUT2D eigenvalue weighted by Crippen LogP contribution is -2.31. The summed E-state index contributed by atoms with van der Waals surface area (Å²) in [4.78, 5) is 22.2. The van der Waals surface area contributed by atoms with Gasteiger partial charge < -0.3 is 11.5 Å². The average molecular weight is 183 g/mol. The number of carbonyl (C=O) groups is 2. The van der Waals surface area contributed by atoms with Gasteiger partial charge in [-0.3, -0.25) is 14.9 Å². The van der Waals surface area contributed by atoms with Crippen molar-refractivity contribution < 1.29 is 9.59 Å². The third-order valence-electron chi connectivity index (χ3n) is 2.06. The first kappa shape index (κ1) is 9.88. The molecule has 0 bridgehead atoms. The normalized spacial score (nSPS) is 19.3. The molecule has 0 aromatic heterocycles. The van der Waals surface area contributed by atoms with E-state index in [1.807, 2.05) is 0 Å². The summed E-state index contributed by atoms with van der Waals surface area (Å²) in [6, 6.07) is -0.262. The molecule has 0 saturated carbocycles. The van der Waals surface area contributed by atoms with Crippen molar-refractivity contribution in [3.05, 3.63) is 11.1 Å². The fraction of sp³-hybridized carbons (Fsp3) is 0.500. The number of nitrogens with two attached hydrogens (primary N) is 2. The summed E-state index contributed by atoms with van der Waals surface area (Å²) in [7, 11) is 0. The standard InChI is InChI=1S/C8H13N3O2/c1-4-6(2-5(10)3-9)8(13)11-7(4)12/h5H,2-3,9-10H2,1H3,(H,11,12,13). The maximum Gasteiger partial charge on any atom is 0.254 e. The van der Waals surface area contributed by atoms with Crippen LogP contribution in [0.2, 0.25) is 0 Å². The molecule has 72 valence electrons. The summed E-state index contributed by atoms with van der Waals surface area (Å²) in [6.07, 6.45) is 0.361. The molecule has 5 nitrogen and oxygen atoms in total. The van der Waals surface area contributed by atoms with Gasteiger partial charge in [0.2, 0.25) is 0 Å². The van der Waals surface area contributed by atoms with Gasteiger partial charge in [0.1, 0.15) is 0 Å². The van der Waals surface area contributed by atoms with E-state index in [9.17, 15) is 9.59 Å². The summed E-state index contributed by atoms with van der Waals surface area (Å²) in [5.41, 5.74) is 11.8. The van der Waals surface area contributed by atoms with Crippen molar-refractivity contribution >= 4 is 11.8 Å². The van der Waals surface area contributed by atoms with E-state index in [1.54, 1.807) is 6.92 Å². The molecule has 13 heavy (non-hydrogen) atoms. The molecule has 0 saturated heterocycles. The Bertz CT molecular complexity index is 283. The van der Waals surface area contributed by atoms with Crippen LogP contribution in [0.3, 0.4) is 0 Å². The van der Waals surface area contributed by atoms with Crippen LogP contribution in [0.4, 0.5) is 0 Å². The van der Waals surface area contributed by atoms with Gasteiger partial charge in [0.15, 0.2) is 0 Å². The van der Waals surface area contributed by atoms with Gasteiger partial charge in [-0.1, -0.05) is 0 Å². The Hall–Kier alpha value is -1.20. The Morgan fingerprint density at radius 2 is 2.00 bits per heavy atom. The zero-order valence-electron chi connectivity index (χ0n) is 7.46. The van der Waals surface area contributed by atoms with Crippen LogP contribution < -0.4 is 16.8 Å². The smallest absolute Gasteiger partial charge is 0.254 e. The quantitative estimate of drug-likeness (QED) is 0.470. The van der Waals surface area contributed by atoms with Gasteiger partial charge in [-0.25, -0.2) is 0 Å². The molecule has 0 aliphatic carbocycles. The lowest BCUT2D eigenvalue weighted by Gasteiger charge is -2.07. The molecular formula is C8H13N3O2. The molecule has 1 aliphatic rings. The van der Waals surface area contributed by atoms with Crippen molar-refractivity contribution in [2.45, 2.75) is 19.4 Å². The number of amides is 2. The highest BCUT2D eigenvalue weighted by Gasteiger charge is 2.27. The van der Waals surface area contributed by atoms with Crippen molar-refractivity contribution in [2.75, 3.05) is 6.54 Å². The van der Waals surface area contributed by atoms with Crippen molar-refractivity contribution in [1.82, 2.24) is 5.32 Å². The molecule has 0 aromatic rings. The Balaban J connectivity index is 2.78. The minimum Gasteiger partial charge on any atom is -0.329 e. The maximum atomic E-state index is 11.2. The highest BCUT2D eigenvalue weighted by atomic mass is 16.2. The van der Waals surface area contributed by atoms with Gasteiger partial charge in [-0.05, 0) is 13.3 Å². The molecule has 0 radical (unpaired) electrons. The van der Waals surface area contributed by atoms with Crippen molar-refractivity contribution in [3.63, 3.8) is 0 Å². The minimum absolute atomic E-state index is 0.262. The lowest BCUT2D eigenvalue weighted by molar-refractivity contribution is -0.124. The van der Waals surface area contributed by atoms with E-state index in [4.69, 9.17) is 11.5 Å². The van der Waals surface area contributed by atoms with Gasteiger partial charge in [-0.2, -0.15) is 0 Å². The predicted molar refractivity (Wildman–Crippen MR) is 47.5 cm³/mol. The molecule has 0 spiro atoms. The second-order valence-corrected chi connectivity index (χ2v) is 3.09. The lowest BCUT2D eigenvalue weighted by atomic mass is 10.0. The molecule has 0 aromatic carbocycles. The topological polar surface area (TPSA) is 98.2 Å². The molecule has 1 unspecified atom stereocenters. The van der Waals surface area contributed by atoms with Crippen molar-refractivity contribution in [2.24, 2.45) is 11.5 Å². The zero-order valence-corrected chi connectivity index (χ0v) is 7.46. The second kappa shape index (κ2) is 3.68. The average Bonchev–Trinajstić information content (AvgIpc) is 2.32. The van der Waals surface area contributed by atoms with Crippen LogP contribution in [0.1, 0.15) is 13.3 Å². The van der Waals surface area contributed by atoms with Crippen LogP contribution >= 0.6 is 0 Å². The monoisotopic (exact) mass is 183 g/mol. The van der Waals surface area contributed by atoms with Gasteiger partial charge in [0.05, 0.1) is 0 Å². The van der Waals surface area contributed by atoms with Crippen LogP contribution in [-0.2, 0) is 9.59 Å². The Labute approximate surface area is 76.2 Å². The molecule has 5 N–H and O–H groups in total. The summed E-state index contributed by atoms with van der Waals surface area (Å²) >= 11 is 0. The predicted octanol–water partition coefficient (Wildman–Crippen LogP) is -1.36. The summed E-state index contributed by atoms with van der Waals surface area (Å²) in [6.45, 7) is 1.91. The number of nitrogens with one attached hydrogen (secondary N) is 1. The molecule has 0 fully saturated rings. The van der Waals surface area contributed by atoms with Crippen LogP contribution in [0, 0.1) is 0 Å². The zero-order chi connectivity index (χ0) is 10.0. The van der Waals surface area contributed by atoms with Crippen molar-refractivity contribution in [3.8, 4) is 0 Å². The fourth-order valence-electron chi connectivity index (χ4n) is 1.17. The van der Waals surface area contributed by atoms with E-state index in [0.717, 1.165) is 0 Å².